The number of hydrogen-bond donors (Lipinski definition) is 0. The summed E-state index contributed by atoms with van der Waals surface area (Å²) in [7, 11) is 1.30. The van der Waals surface area contributed by atoms with E-state index in [1.165, 1.54) is 13.2 Å². The van der Waals surface area contributed by atoms with Crippen LogP contribution in [0.5, 0.6) is 5.75 Å². The molecule has 0 aliphatic carbocycles. The van der Waals surface area contributed by atoms with E-state index in [2.05, 4.69) is 10.8 Å². The van der Waals surface area contributed by atoms with Crippen molar-refractivity contribution in [3.05, 3.63) is 29.8 Å². The summed E-state index contributed by atoms with van der Waals surface area (Å²) in [5, 5.41) is 0. The average Bonchev–Trinajstić information content (AvgIpc) is 2.03. The van der Waals surface area contributed by atoms with Gasteiger partial charge in [0.25, 0.3) is 0 Å². The van der Waals surface area contributed by atoms with Crippen LogP contribution in [-0.2, 0) is 6.18 Å². The maximum atomic E-state index is 12.0. The third-order valence-corrected chi connectivity index (χ3v) is 1.32. The number of ether oxygens (including phenoxy) is 1. The van der Waals surface area contributed by atoms with Gasteiger partial charge in [-0.1, -0.05) is 5.56 Å². The molecule has 0 heterocycles. The van der Waals surface area contributed by atoms with Gasteiger partial charge in [-0.05, 0) is 0 Å². The minimum Gasteiger partial charge on any atom is -0.523 e. The molecule has 0 saturated carbocycles. The Balaban J connectivity index is 0.00000144. The largest absolute Gasteiger partial charge is 1.00 e. The first-order valence-corrected chi connectivity index (χ1v) is 3.17. The molecule has 1 rings (SSSR count). The van der Waals surface area contributed by atoms with Crippen LogP contribution in [0.25, 0.3) is 0 Å². The maximum Gasteiger partial charge on any atom is 1.00 e. The summed E-state index contributed by atoms with van der Waals surface area (Å²) >= 11 is 0. The molecule has 0 spiro atoms. The van der Waals surface area contributed by atoms with Crippen molar-refractivity contribution in [2.75, 3.05) is 7.11 Å². The number of rotatable bonds is 1. The maximum absolute atomic E-state index is 12.0. The molecule has 0 amide bonds. The monoisotopic (exact) mass is 182 g/mol. The molecule has 0 unspecified atom stereocenters. The molecule has 0 aliphatic heterocycles. The van der Waals surface area contributed by atoms with Crippen LogP contribution in [0.2, 0.25) is 0 Å². The summed E-state index contributed by atoms with van der Waals surface area (Å²) in [6, 6.07) is 5.54. The van der Waals surface area contributed by atoms with Crippen molar-refractivity contribution in [1.29, 1.82) is 0 Å². The number of hydrogen-bond acceptors (Lipinski definition) is 1. The van der Waals surface area contributed by atoms with Crippen LogP contribution >= 0.6 is 0 Å². The molecule has 66 valence electrons. The fraction of sp³-hybridized carbons (Fsp3) is 0.250. The van der Waals surface area contributed by atoms with Gasteiger partial charge in [-0.3, -0.25) is 0 Å². The second-order valence-electron chi connectivity index (χ2n) is 2.14. The van der Waals surface area contributed by atoms with E-state index in [-0.39, 0.29) is 24.6 Å². The topological polar surface area (TPSA) is 9.23 Å². The summed E-state index contributed by atoms with van der Waals surface area (Å²) in [5.74, 6) is 0.0878. The first kappa shape index (κ1) is 12.4. The van der Waals surface area contributed by atoms with Crippen molar-refractivity contribution in [1.82, 2.24) is 0 Å². The molecule has 1 aromatic rings. The molecule has 0 atom stereocenters. The first-order chi connectivity index (χ1) is 5.54. The van der Waals surface area contributed by atoms with Crippen molar-refractivity contribution in [2.24, 2.45) is 0 Å². The van der Waals surface area contributed by atoms with Gasteiger partial charge in [0.15, 0.2) is 0 Å². The molecule has 1 nitrogen and oxygen atoms in total. The predicted octanol–water partition coefficient (Wildman–Crippen LogP) is -0.482. The Morgan fingerprint density at radius 1 is 1.38 bits per heavy atom. The second-order valence-corrected chi connectivity index (χ2v) is 2.14. The number of benzene rings is 1. The molecular formula is C8H6F3LiO. The van der Waals surface area contributed by atoms with Crippen molar-refractivity contribution >= 4 is 0 Å². The third kappa shape index (κ3) is 3.33. The molecule has 0 radical (unpaired) electrons. The van der Waals surface area contributed by atoms with E-state index in [0.29, 0.717) is 0 Å². The fourth-order valence-corrected chi connectivity index (χ4v) is 0.739. The van der Waals surface area contributed by atoms with Crippen molar-refractivity contribution in [3.63, 3.8) is 0 Å². The van der Waals surface area contributed by atoms with Gasteiger partial charge < -0.3 is 4.74 Å². The summed E-state index contributed by atoms with van der Waals surface area (Å²) < 4.78 is 40.7. The van der Waals surface area contributed by atoms with Crippen LogP contribution in [0, 0.1) is 6.07 Å². The van der Waals surface area contributed by atoms with Crippen LogP contribution < -0.4 is 23.6 Å². The van der Waals surface area contributed by atoms with E-state index in [9.17, 15) is 13.2 Å². The number of halogens is 3. The van der Waals surface area contributed by atoms with Crippen LogP contribution in [0.4, 0.5) is 13.2 Å². The summed E-state index contributed by atoms with van der Waals surface area (Å²) in [5.41, 5.74) is -0.724. The quantitative estimate of drug-likeness (QED) is 0.421. The van der Waals surface area contributed by atoms with Crippen molar-refractivity contribution in [2.45, 2.75) is 6.18 Å². The van der Waals surface area contributed by atoms with Gasteiger partial charge in [-0.15, -0.1) is 12.1 Å². The summed E-state index contributed by atoms with van der Waals surface area (Å²) in [4.78, 5) is 0. The third-order valence-electron chi connectivity index (χ3n) is 1.32. The zero-order valence-corrected chi connectivity index (χ0v) is 7.27. The van der Waals surface area contributed by atoms with Gasteiger partial charge in [0.05, 0.1) is 7.11 Å². The Morgan fingerprint density at radius 3 is 2.46 bits per heavy atom. The Labute approximate surface area is 86.1 Å². The molecule has 0 aliphatic rings. The predicted molar refractivity (Wildman–Crippen MR) is 36.8 cm³/mol. The smallest absolute Gasteiger partial charge is 0.523 e. The van der Waals surface area contributed by atoms with E-state index < -0.39 is 11.7 Å². The summed E-state index contributed by atoms with van der Waals surface area (Å²) in [6.07, 6.45) is -4.32. The Kier molecular flexibility index (Phi) is 4.38. The molecule has 13 heavy (non-hydrogen) atoms. The van der Waals surface area contributed by atoms with Crippen LogP contribution in [0.3, 0.4) is 0 Å². The Hall–Kier alpha value is -0.593. The Morgan fingerprint density at radius 2 is 2.00 bits per heavy atom. The van der Waals surface area contributed by atoms with Crippen molar-refractivity contribution in [3.8, 4) is 5.75 Å². The molecule has 1 aromatic carbocycles. The van der Waals surface area contributed by atoms with Crippen LogP contribution in [-0.4, -0.2) is 7.11 Å². The zero-order valence-electron chi connectivity index (χ0n) is 7.27. The average molecular weight is 182 g/mol. The van der Waals surface area contributed by atoms with Crippen LogP contribution in [0.15, 0.2) is 18.2 Å². The summed E-state index contributed by atoms with van der Waals surface area (Å²) in [6.45, 7) is 0. The minimum atomic E-state index is -4.32. The Bertz CT molecular complexity index is 272. The van der Waals surface area contributed by atoms with Gasteiger partial charge in [0.2, 0.25) is 0 Å². The second kappa shape index (κ2) is 4.59. The molecular weight excluding hydrogens is 176 g/mol. The molecule has 5 heteroatoms. The standard InChI is InChI=1S/C8H6F3O.Li/c1-12-7-4-2-3-6(5-7)8(9,10)11;/h2-3,5H,1H3;/q-1;+1. The molecule has 0 bridgehead atoms. The van der Waals surface area contributed by atoms with E-state index >= 15 is 0 Å². The first-order valence-electron chi connectivity index (χ1n) is 3.17. The molecule has 0 aromatic heterocycles. The number of methoxy groups -OCH3 is 1. The molecule has 0 N–H and O–H groups in total. The van der Waals surface area contributed by atoms with Gasteiger partial charge in [0.1, 0.15) is 0 Å². The minimum absolute atomic E-state index is 0. The van der Waals surface area contributed by atoms with E-state index in [0.717, 1.165) is 12.1 Å². The zero-order chi connectivity index (χ0) is 9.19. The van der Waals surface area contributed by atoms with Crippen molar-refractivity contribution < 1.29 is 36.8 Å². The SMILES string of the molecule is COc1[c-]ccc(C(F)(F)F)c1.[Li+]. The van der Waals surface area contributed by atoms with E-state index in [1.54, 1.807) is 0 Å². The fourth-order valence-electron chi connectivity index (χ4n) is 0.739. The van der Waals surface area contributed by atoms with Gasteiger partial charge in [0, 0.05) is 5.75 Å². The van der Waals surface area contributed by atoms with Crippen LogP contribution in [0.1, 0.15) is 5.56 Å². The normalized spacial score (nSPS) is 10.5. The molecule has 0 fully saturated rings. The van der Waals surface area contributed by atoms with Gasteiger partial charge in [-0.2, -0.15) is 25.3 Å². The van der Waals surface area contributed by atoms with E-state index in [1.807, 2.05) is 0 Å². The van der Waals surface area contributed by atoms with Gasteiger partial charge in [-0.25, -0.2) is 0 Å². The van der Waals surface area contributed by atoms with E-state index in [4.69, 9.17) is 0 Å². The number of alkyl halides is 3. The molecule has 0 saturated heterocycles. The van der Waals surface area contributed by atoms with Gasteiger partial charge >= 0.3 is 25.0 Å².